The molecule has 1 rings (SSSR count). The van der Waals surface area contributed by atoms with Gasteiger partial charge in [0.25, 0.3) is 0 Å². The quantitative estimate of drug-likeness (QED) is 0.771. The molecule has 0 aliphatic heterocycles. The molecule has 0 aliphatic rings. The largest absolute Gasteiger partial charge is 0.481 e. The molecule has 0 saturated heterocycles. The molecule has 0 unspecified atom stereocenters. The predicted octanol–water partition coefficient (Wildman–Crippen LogP) is 2.16. The SMILES string of the molecule is COc1cc(NCC(C)C)ccn1. The van der Waals surface area contributed by atoms with E-state index < -0.39 is 0 Å². The predicted molar refractivity (Wildman–Crippen MR) is 54.1 cm³/mol. The lowest BCUT2D eigenvalue weighted by Crippen LogP contribution is -2.07. The number of ether oxygens (including phenoxy) is 1. The second kappa shape index (κ2) is 4.70. The number of nitrogens with zero attached hydrogens (tertiary/aromatic N) is 1. The molecule has 0 aliphatic carbocycles. The third kappa shape index (κ3) is 3.32. The standard InChI is InChI=1S/C10H16N2O/c1-8(2)7-12-9-4-5-11-10(6-9)13-3/h4-6,8H,7H2,1-3H3,(H,11,12). The lowest BCUT2D eigenvalue weighted by molar-refractivity contribution is 0.398. The second-order valence-electron chi connectivity index (χ2n) is 3.36. The van der Waals surface area contributed by atoms with Crippen molar-refractivity contribution < 1.29 is 4.74 Å². The monoisotopic (exact) mass is 180 g/mol. The van der Waals surface area contributed by atoms with Crippen LogP contribution in [0.15, 0.2) is 18.3 Å². The van der Waals surface area contributed by atoms with Crippen LogP contribution in [0, 0.1) is 5.92 Å². The lowest BCUT2D eigenvalue weighted by atomic mass is 10.2. The molecule has 0 saturated carbocycles. The van der Waals surface area contributed by atoms with Crippen LogP contribution in [0.3, 0.4) is 0 Å². The highest BCUT2D eigenvalue weighted by molar-refractivity contribution is 5.44. The van der Waals surface area contributed by atoms with Crippen molar-refractivity contribution in [1.82, 2.24) is 4.98 Å². The first-order valence-corrected chi connectivity index (χ1v) is 4.46. The van der Waals surface area contributed by atoms with E-state index in [1.165, 1.54) is 0 Å². The number of pyridine rings is 1. The molecular weight excluding hydrogens is 164 g/mol. The van der Waals surface area contributed by atoms with Gasteiger partial charge < -0.3 is 10.1 Å². The van der Waals surface area contributed by atoms with Crippen LogP contribution in [0.1, 0.15) is 13.8 Å². The van der Waals surface area contributed by atoms with Crippen LogP contribution in [0.25, 0.3) is 0 Å². The van der Waals surface area contributed by atoms with Gasteiger partial charge in [-0.2, -0.15) is 0 Å². The molecule has 0 spiro atoms. The highest BCUT2D eigenvalue weighted by atomic mass is 16.5. The summed E-state index contributed by atoms with van der Waals surface area (Å²) >= 11 is 0. The third-order valence-electron chi connectivity index (χ3n) is 1.66. The van der Waals surface area contributed by atoms with Crippen molar-refractivity contribution >= 4 is 5.69 Å². The van der Waals surface area contributed by atoms with Gasteiger partial charge in [0.05, 0.1) is 7.11 Å². The molecule has 0 aromatic carbocycles. The van der Waals surface area contributed by atoms with E-state index >= 15 is 0 Å². The number of hydrogen-bond donors (Lipinski definition) is 1. The maximum absolute atomic E-state index is 5.01. The summed E-state index contributed by atoms with van der Waals surface area (Å²) in [5.74, 6) is 1.29. The zero-order chi connectivity index (χ0) is 9.68. The van der Waals surface area contributed by atoms with Gasteiger partial charge in [-0.3, -0.25) is 0 Å². The highest BCUT2D eigenvalue weighted by Crippen LogP contribution is 2.13. The minimum absolute atomic E-state index is 0.638. The van der Waals surface area contributed by atoms with E-state index in [1.807, 2.05) is 12.1 Å². The summed E-state index contributed by atoms with van der Waals surface area (Å²) in [6.45, 7) is 5.31. The fourth-order valence-corrected chi connectivity index (χ4v) is 0.953. The Balaban J connectivity index is 2.56. The van der Waals surface area contributed by atoms with Crippen LogP contribution >= 0.6 is 0 Å². The Morgan fingerprint density at radius 2 is 2.31 bits per heavy atom. The maximum atomic E-state index is 5.01. The molecule has 1 N–H and O–H groups in total. The molecule has 0 atom stereocenters. The van der Waals surface area contributed by atoms with Gasteiger partial charge in [-0.15, -0.1) is 0 Å². The first kappa shape index (κ1) is 9.84. The fourth-order valence-electron chi connectivity index (χ4n) is 0.953. The zero-order valence-corrected chi connectivity index (χ0v) is 8.37. The number of aromatic nitrogens is 1. The van der Waals surface area contributed by atoms with Gasteiger partial charge in [0, 0.05) is 24.5 Å². The number of anilines is 1. The topological polar surface area (TPSA) is 34.1 Å². The Kier molecular flexibility index (Phi) is 3.55. The fraction of sp³-hybridized carbons (Fsp3) is 0.500. The van der Waals surface area contributed by atoms with Gasteiger partial charge >= 0.3 is 0 Å². The molecule has 1 aromatic heterocycles. The van der Waals surface area contributed by atoms with Crippen molar-refractivity contribution in [2.45, 2.75) is 13.8 Å². The summed E-state index contributed by atoms with van der Waals surface area (Å²) in [6.07, 6.45) is 1.74. The smallest absolute Gasteiger partial charge is 0.214 e. The first-order chi connectivity index (χ1) is 6.22. The normalized spacial score (nSPS) is 10.2. The average molecular weight is 180 g/mol. The third-order valence-corrected chi connectivity index (χ3v) is 1.66. The molecule has 72 valence electrons. The van der Waals surface area contributed by atoms with Crippen molar-refractivity contribution in [3.63, 3.8) is 0 Å². The van der Waals surface area contributed by atoms with Crippen molar-refractivity contribution in [3.8, 4) is 5.88 Å². The number of hydrogen-bond acceptors (Lipinski definition) is 3. The van der Waals surface area contributed by atoms with E-state index in [1.54, 1.807) is 13.3 Å². The van der Waals surface area contributed by atoms with Crippen molar-refractivity contribution in [3.05, 3.63) is 18.3 Å². The zero-order valence-electron chi connectivity index (χ0n) is 8.37. The van der Waals surface area contributed by atoms with Gasteiger partial charge in [-0.1, -0.05) is 13.8 Å². The number of methoxy groups -OCH3 is 1. The van der Waals surface area contributed by atoms with E-state index in [-0.39, 0.29) is 0 Å². The van der Waals surface area contributed by atoms with Gasteiger partial charge in [-0.25, -0.2) is 4.98 Å². The molecule has 0 fully saturated rings. The van der Waals surface area contributed by atoms with E-state index in [0.717, 1.165) is 12.2 Å². The second-order valence-corrected chi connectivity index (χ2v) is 3.36. The van der Waals surface area contributed by atoms with Crippen LogP contribution in [0.2, 0.25) is 0 Å². The van der Waals surface area contributed by atoms with Crippen LogP contribution in [-0.2, 0) is 0 Å². The molecule has 1 heterocycles. The molecule has 13 heavy (non-hydrogen) atoms. The van der Waals surface area contributed by atoms with Gasteiger partial charge in [0.15, 0.2) is 0 Å². The van der Waals surface area contributed by atoms with Crippen molar-refractivity contribution in [1.29, 1.82) is 0 Å². The van der Waals surface area contributed by atoms with Crippen LogP contribution in [0.4, 0.5) is 5.69 Å². The Bertz CT molecular complexity index is 261. The van der Waals surface area contributed by atoms with Crippen molar-refractivity contribution in [2.24, 2.45) is 5.92 Å². The number of nitrogens with one attached hydrogen (secondary N) is 1. The number of rotatable bonds is 4. The minimum atomic E-state index is 0.638. The summed E-state index contributed by atoms with van der Waals surface area (Å²) in [6, 6.07) is 3.83. The molecule has 0 amide bonds. The van der Waals surface area contributed by atoms with Crippen LogP contribution in [-0.4, -0.2) is 18.6 Å². The summed E-state index contributed by atoms with van der Waals surface area (Å²) in [7, 11) is 1.62. The Hall–Kier alpha value is -1.25. The van der Waals surface area contributed by atoms with E-state index in [9.17, 15) is 0 Å². The van der Waals surface area contributed by atoms with Crippen molar-refractivity contribution in [2.75, 3.05) is 19.0 Å². The Labute approximate surface area is 79.1 Å². The minimum Gasteiger partial charge on any atom is -0.481 e. The summed E-state index contributed by atoms with van der Waals surface area (Å²) < 4.78 is 5.01. The molecule has 0 radical (unpaired) electrons. The van der Waals surface area contributed by atoms with E-state index in [0.29, 0.717) is 11.8 Å². The molecule has 3 nitrogen and oxygen atoms in total. The summed E-state index contributed by atoms with van der Waals surface area (Å²) in [5, 5.41) is 3.30. The maximum Gasteiger partial charge on any atom is 0.214 e. The average Bonchev–Trinajstić information content (AvgIpc) is 2.15. The molecule has 3 heteroatoms. The van der Waals surface area contributed by atoms with Gasteiger partial charge in [-0.05, 0) is 12.0 Å². The summed E-state index contributed by atoms with van der Waals surface area (Å²) in [4.78, 5) is 4.02. The Morgan fingerprint density at radius 1 is 1.54 bits per heavy atom. The van der Waals surface area contributed by atoms with E-state index in [4.69, 9.17) is 4.74 Å². The molecule has 1 aromatic rings. The van der Waals surface area contributed by atoms with Crippen LogP contribution < -0.4 is 10.1 Å². The molecule has 0 bridgehead atoms. The van der Waals surface area contributed by atoms with Gasteiger partial charge in [0.1, 0.15) is 0 Å². The Morgan fingerprint density at radius 3 is 2.92 bits per heavy atom. The summed E-state index contributed by atoms with van der Waals surface area (Å²) in [5.41, 5.74) is 1.06. The lowest BCUT2D eigenvalue weighted by Gasteiger charge is -2.09. The first-order valence-electron chi connectivity index (χ1n) is 4.46. The van der Waals surface area contributed by atoms with Crippen LogP contribution in [0.5, 0.6) is 5.88 Å². The van der Waals surface area contributed by atoms with E-state index in [2.05, 4.69) is 24.1 Å². The highest BCUT2D eigenvalue weighted by Gasteiger charge is 1.97. The van der Waals surface area contributed by atoms with Gasteiger partial charge in [0.2, 0.25) is 5.88 Å². The molecular formula is C10H16N2O.